The molecule has 3 rings (SSSR count). The molecule has 2 fully saturated rings. The molecule has 0 aliphatic carbocycles. The molecule has 90 valence electrons. The molecule has 5 heteroatoms. The van der Waals surface area contributed by atoms with Crippen LogP contribution in [0.2, 0.25) is 0 Å². The summed E-state index contributed by atoms with van der Waals surface area (Å²) < 4.78 is 5.50. The van der Waals surface area contributed by atoms with Crippen molar-refractivity contribution in [2.75, 3.05) is 30.3 Å². The molecule has 2 aliphatic heterocycles. The summed E-state index contributed by atoms with van der Waals surface area (Å²) in [6.45, 7) is 2.19. The number of amides is 1. The van der Waals surface area contributed by atoms with Crippen molar-refractivity contribution in [2.24, 2.45) is 0 Å². The lowest BCUT2D eigenvalue weighted by atomic mass is 10.0. The summed E-state index contributed by atoms with van der Waals surface area (Å²) in [6.07, 6.45) is 0.564. The number of hydrogen-bond donors (Lipinski definition) is 2. The van der Waals surface area contributed by atoms with Gasteiger partial charge in [0.25, 0.3) is 0 Å². The molecule has 1 atom stereocenters. The van der Waals surface area contributed by atoms with E-state index in [1.165, 1.54) is 0 Å². The molecule has 1 aromatic rings. The highest BCUT2D eigenvalue weighted by atomic mass is 16.6. The second-order valence-corrected chi connectivity index (χ2v) is 4.62. The van der Waals surface area contributed by atoms with Gasteiger partial charge in [-0.2, -0.15) is 0 Å². The molecule has 2 heterocycles. The number of para-hydroxylation sites is 2. The van der Waals surface area contributed by atoms with Gasteiger partial charge in [0.15, 0.2) is 0 Å². The number of rotatable bonds is 1. The van der Waals surface area contributed by atoms with Crippen LogP contribution in [-0.2, 0) is 4.74 Å². The Hall–Kier alpha value is -1.75. The standard InChI is InChI=1S/C12H15N3O2/c13-9-3-1-2-4-10(9)15-8-12(17-11(15)16)5-6-14-7-12/h1-4,14H,5-8,13H2. The average Bonchev–Trinajstić information content (AvgIpc) is 2.88. The maximum atomic E-state index is 11.9. The van der Waals surface area contributed by atoms with Gasteiger partial charge in [-0.3, -0.25) is 4.90 Å². The molecular weight excluding hydrogens is 218 g/mol. The summed E-state index contributed by atoms with van der Waals surface area (Å²) in [5.74, 6) is 0. The number of ether oxygens (including phenoxy) is 1. The summed E-state index contributed by atoms with van der Waals surface area (Å²) in [5, 5.41) is 3.23. The van der Waals surface area contributed by atoms with Gasteiger partial charge in [0, 0.05) is 13.0 Å². The Labute approximate surface area is 99.5 Å². The zero-order valence-corrected chi connectivity index (χ0v) is 9.48. The van der Waals surface area contributed by atoms with Crippen LogP contribution < -0.4 is 16.0 Å². The number of benzene rings is 1. The molecule has 0 saturated carbocycles. The van der Waals surface area contributed by atoms with E-state index in [-0.39, 0.29) is 11.7 Å². The van der Waals surface area contributed by atoms with Gasteiger partial charge in [-0.05, 0) is 18.7 Å². The van der Waals surface area contributed by atoms with Crippen molar-refractivity contribution in [2.45, 2.75) is 12.0 Å². The van der Waals surface area contributed by atoms with Crippen LogP contribution in [0.5, 0.6) is 0 Å². The normalized spacial score (nSPS) is 27.8. The third-order valence-electron chi connectivity index (χ3n) is 3.40. The van der Waals surface area contributed by atoms with E-state index in [1.807, 2.05) is 18.2 Å². The first-order chi connectivity index (χ1) is 8.20. The number of hydrogen-bond acceptors (Lipinski definition) is 4. The highest BCUT2D eigenvalue weighted by molar-refractivity contribution is 5.93. The summed E-state index contributed by atoms with van der Waals surface area (Å²) >= 11 is 0. The van der Waals surface area contributed by atoms with Crippen molar-refractivity contribution in [1.82, 2.24) is 5.32 Å². The molecular formula is C12H15N3O2. The Morgan fingerprint density at radius 3 is 2.94 bits per heavy atom. The van der Waals surface area contributed by atoms with Crippen LogP contribution in [0.3, 0.4) is 0 Å². The van der Waals surface area contributed by atoms with Crippen molar-refractivity contribution in [3.63, 3.8) is 0 Å². The van der Waals surface area contributed by atoms with Crippen molar-refractivity contribution in [3.8, 4) is 0 Å². The Balaban J connectivity index is 1.90. The fourth-order valence-electron chi connectivity index (χ4n) is 2.49. The molecule has 5 nitrogen and oxygen atoms in total. The second-order valence-electron chi connectivity index (χ2n) is 4.62. The quantitative estimate of drug-likeness (QED) is 0.709. The molecule has 0 bridgehead atoms. The van der Waals surface area contributed by atoms with Crippen molar-refractivity contribution in [1.29, 1.82) is 0 Å². The van der Waals surface area contributed by atoms with Gasteiger partial charge in [-0.1, -0.05) is 12.1 Å². The number of carbonyl (C=O) groups is 1. The van der Waals surface area contributed by atoms with E-state index in [4.69, 9.17) is 10.5 Å². The fourth-order valence-corrected chi connectivity index (χ4v) is 2.49. The number of anilines is 2. The lowest BCUT2D eigenvalue weighted by molar-refractivity contribution is 0.0733. The largest absolute Gasteiger partial charge is 0.439 e. The van der Waals surface area contributed by atoms with E-state index in [0.29, 0.717) is 12.2 Å². The Morgan fingerprint density at radius 2 is 2.24 bits per heavy atom. The molecule has 1 spiro atoms. The maximum Gasteiger partial charge on any atom is 0.415 e. The molecule has 0 aromatic heterocycles. The van der Waals surface area contributed by atoms with Crippen LogP contribution >= 0.6 is 0 Å². The first-order valence-corrected chi connectivity index (χ1v) is 5.76. The van der Waals surface area contributed by atoms with Crippen LogP contribution in [0.25, 0.3) is 0 Å². The Morgan fingerprint density at radius 1 is 1.41 bits per heavy atom. The van der Waals surface area contributed by atoms with Gasteiger partial charge in [0.1, 0.15) is 5.60 Å². The number of nitrogens with zero attached hydrogens (tertiary/aromatic N) is 1. The average molecular weight is 233 g/mol. The minimum Gasteiger partial charge on any atom is -0.439 e. The van der Waals surface area contributed by atoms with Gasteiger partial charge in [0.05, 0.1) is 17.9 Å². The third kappa shape index (κ3) is 1.63. The molecule has 1 unspecified atom stereocenters. The van der Waals surface area contributed by atoms with Crippen LogP contribution in [0, 0.1) is 0 Å². The van der Waals surface area contributed by atoms with E-state index in [2.05, 4.69) is 5.32 Å². The first kappa shape index (κ1) is 10.4. The van der Waals surface area contributed by atoms with Crippen LogP contribution in [-0.4, -0.2) is 31.3 Å². The summed E-state index contributed by atoms with van der Waals surface area (Å²) in [5.41, 5.74) is 6.86. The highest BCUT2D eigenvalue weighted by Crippen LogP contribution is 2.34. The molecule has 17 heavy (non-hydrogen) atoms. The topological polar surface area (TPSA) is 67.6 Å². The number of nitrogen functional groups attached to an aromatic ring is 1. The van der Waals surface area contributed by atoms with E-state index < -0.39 is 0 Å². The zero-order chi connectivity index (χ0) is 11.9. The van der Waals surface area contributed by atoms with Gasteiger partial charge in [-0.25, -0.2) is 4.79 Å². The minimum atomic E-state index is -0.362. The number of nitrogens with two attached hydrogens (primary N) is 1. The Bertz CT molecular complexity index is 455. The molecule has 3 N–H and O–H groups in total. The summed E-state index contributed by atoms with van der Waals surface area (Å²) in [4.78, 5) is 13.5. The smallest absolute Gasteiger partial charge is 0.415 e. The number of nitrogens with one attached hydrogen (secondary N) is 1. The molecule has 1 amide bonds. The first-order valence-electron chi connectivity index (χ1n) is 5.76. The predicted molar refractivity (Wildman–Crippen MR) is 64.9 cm³/mol. The second kappa shape index (κ2) is 3.63. The Kier molecular flexibility index (Phi) is 2.22. The van der Waals surface area contributed by atoms with Crippen LogP contribution in [0.1, 0.15) is 6.42 Å². The monoisotopic (exact) mass is 233 g/mol. The van der Waals surface area contributed by atoms with Crippen LogP contribution in [0.4, 0.5) is 16.2 Å². The molecule has 0 radical (unpaired) electrons. The highest BCUT2D eigenvalue weighted by Gasteiger charge is 2.47. The SMILES string of the molecule is Nc1ccccc1N1CC2(CCNC2)OC1=O. The van der Waals surface area contributed by atoms with Gasteiger partial charge in [-0.15, -0.1) is 0 Å². The predicted octanol–water partition coefficient (Wildman–Crippen LogP) is 0.958. The zero-order valence-electron chi connectivity index (χ0n) is 9.48. The van der Waals surface area contributed by atoms with E-state index in [1.54, 1.807) is 11.0 Å². The lowest BCUT2D eigenvalue weighted by Crippen LogP contribution is -2.36. The van der Waals surface area contributed by atoms with E-state index in [9.17, 15) is 4.79 Å². The van der Waals surface area contributed by atoms with Crippen molar-refractivity contribution < 1.29 is 9.53 Å². The molecule has 1 aromatic carbocycles. The van der Waals surface area contributed by atoms with E-state index >= 15 is 0 Å². The summed E-state index contributed by atoms with van der Waals surface area (Å²) in [6, 6.07) is 7.36. The fraction of sp³-hybridized carbons (Fsp3) is 0.417. The number of carbonyl (C=O) groups excluding carboxylic acids is 1. The van der Waals surface area contributed by atoms with Gasteiger partial charge in [0.2, 0.25) is 0 Å². The van der Waals surface area contributed by atoms with Crippen molar-refractivity contribution in [3.05, 3.63) is 24.3 Å². The third-order valence-corrected chi connectivity index (χ3v) is 3.40. The van der Waals surface area contributed by atoms with Crippen molar-refractivity contribution >= 4 is 17.5 Å². The van der Waals surface area contributed by atoms with Gasteiger partial charge < -0.3 is 15.8 Å². The minimum absolute atomic E-state index is 0.299. The maximum absolute atomic E-state index is 11.9. The summed E-state index contributed by atoms with van der Waals surface area (Å²) in [7, 11) is 0. The molecule has 2 aliphatic rings. The molecule has 2 saturated heterocycles. The lowest BCUT2D eigenvalue weighted by Gasteiger charge is -2.19. The van der Waals surface area contributed by atoms with Crippen LogP contribution in [0.15, 0.2) is 24.3 Å². The van der Waals surface area contributed by atoms with Gasteiger partial charge >= 0.3 is 6.09 Å². The van der Waals surface area contributed by atoms with E-state index in [0.717, 1.165) is 25.2 Å².